The highest BCUT2D eigenvalue weighted by Gasteiger charge is 2.36. The van der Waals surface area contributed by atoms with E-state index >= 15 is 0 Å². The molecule has 6 nitrogen and oxygen atoms in total. The number of carbonyl (C=O) groups excluding carboxylic acids is 3. The van der Waals surface area contributed by atoms with Crippen molar-refractivity contribution in [1.82, 2.24) is 4.90 Å². The Bertz CT molecular complexity index is 1310. The summed E-state index contributed by atoms with van der Waals surface area (Å²) in [6, 6.07) is 20.1. The molecule has 0 spiro atoms. The Hall–Kier alpha value is -2.63. The van der Waals surface area contributed by atoms with E-state index in [-0.39, 0.29) is 17.2 Å². The van der Waals surface area contributed by atoms with Crippen LogP contribution < -0.4 is 9.47 Å². The highest BCUT2D eigenvalue weighted by molar-refractivity contribution is 14.1. The van der Waals surface area contributed by atoms with Gasteiger partial charge in [-0.05, 0) is 88.0 Å². The highest BCUT2D eigenvalue weighted by Crippen LogP contribution is 2.35. The van der Waals surface area contributed by atoms with Gasteiger partial charge in [0.05, 0.1) is 18.6 Å². The number of hydrogen-bond acceptors (Lipinski definition) is 6. The first-order valence-corrected chi connectivity index (χ1v) is 13.1. The van der Waals surface area contributed by atoms with Gasteiger partial charge in [-0.25, -0.2) is 0 Å². The predicted octanol–water partition coefficient (Wildman–Crippen LogP) is 6.56. The third kappa shape index (κ3) is 6.33. The normalized spacial score (nSPS) is 14.5. The van der Waals surface area contributed by atoms with Crippen molar-refractivity contribution in [1.29, 1.82) is 0 Å². The molecule has 0 N–H and O–H groups in total. The van der Waals surface area contributed by atoms with Crippen molar-refractivity contribution in [2.75, 3.05) is 13.7 Å². The van der Waals surface area contributed by atoms with Crippen molar-refractivity contribution in [2.45, 2.75) is 6.61 Å². The molecule has 1 heterocycles. The average Bonchev–Trinajstić information content (AvgIpc) is 3.11. The molecule has 0 saturated carbocycles. The van der Waals surface area contributed by atoms with Crippen molar-refractivity contribution in [2.24, 2.45) is 0 Å². The van der Waals surface area contributed by atoms with E-state index in [0.29, 0.717) is 29.2 Å². The van der Waals surface area contributed by atoms with Gasteiger partial charge in [-0.3, -0.25) is 19.3 Å². The fourth-order valence-electron chi connectivity index (χ4n) is 3.29. The molecule has 1 fully saturated rings. The van der Waals surface area contributed by atoms with Gasteiger partial charge in [-0.1, -0.05) is 46.3 Å². The minimum absolute atomic E-state index is 0.244. The van der Waals surface area contributed by atoms with Crippen LogP contribution in [0.2, 0.25) is 0 Å². The van der Waals surface area contributed by atoms with Crippen LogP contribution in [0, 0.1) is 3.57 Å². The number of thioether (sulfide) groups is 1. The molecule has 0 atom stereocenters. The summed E-state index contributed by atoms with van der Waals surface area (Å²) in [6.07, 6.45) is 1.61. The van der Waals surface area contributed by atoms with Crippen LogP contribution in [0.3, 0.4) is 0 Å². The molecule has 178 valence electrons. The lowest BCUT2D eigenvalue weighted by Gasteiger charge is -2.12. The monoisotopic (exact) mass is 663 g/mol. The Labute approximate surface area is 228 Å². The average molecular weight is 664 g/mol. The molecule has 0 aliphatic carbocycles. The zero-order chi connectivity index (χ0) is 24.9. The largest absolute Gasteiger partial charge is 0.493 e. The Morgan fingerprint density at radius 2 is 1.74 bits per heavy atom. The molecule has 1 saturated heterocycles. The van der Waals surface area contributed by atoms with Crippen LogP contribution in [0.25, 0.3) is 6.08 Å². The Morgan fingerprint density at radius 1 is 1.03 bits per heavy atom. The summed E-state index contributed by atoms with van der Waals surface area (Å²) >= 11 is 6.38. The molecular weight excluding hydrogens is 645 g/mol. The summed E-state index contributed by atoms with van der Waals surface area (Å²) in [7, 11) is 1.54. The molecule has 4 rings (SSSR count). The third-order valence-electron chi connectivity index (χ3n) is 5.13. The maximum Gasteiger partial charge on any atom is 0.293 e. The summed E-state index contributed by atoms with van der Waals surface area (Å²) in [4.78, 5) is 39.1. The molecule has 3 aromatic rings. The topological polar surface area (TPSA) is 72.9 Å². The van der Waals surface area contributed by atoms with Gasteiger partial charge in [0.2, 0.25) is 0 Å². The molecule has 0 radical (unpaired) electrons. The fraction of sp³-hybridized carbons (Fsp3) is 0.115. The predicted molar refractivity (Wildman–Crippen MR) is 148 cm³/mol. The molecule has 35 heavy (non-hydrogen) atoms. The van der Waals surface area contributed by atoms with Gasteiger partial charge in [0.1, 0.15) is 6.61 Å². The van der Waals surface area contributed by atoms with Crippen LogP contribution >= 0.6 is 50.3 Å². The van der Waals surface area contributed by atoms with Crippen LogP contribution in [0.15, 0.2) is 76.1 Å². The maximum absolute atomic E-state index is 12.8. The third-order valence-corrected chi connectivity index (χ3v) is 7.29. The SMILES string of the molecule is COc1cc(/C=C2\SC(=O)N(CC(=O)c3ccc(Br)cc3)C2=O)ccc1OCc1ccc(I)cc1. The van der Waals surface area contributed by atoms with Gasteiger partial charge >= 0.3 is 0 Å². The van der Waals surface area contributed by atoms with Gasteiger partial charge in [-0.2, -0.15) is 0 Å². The van der Waals surface area contributed by atoms with E-state index in [2.05, 4.69) is 38.5 Å². The first-order valence-electron chi connectivity index (χ1n) is 10.4. The summed E-state index contributed by atoms with van der Waals surface area (Å²) in [5.41, 5.74) is 2.14. The molecule has 1 aliphatic heterocycles. The minimum atomic E-state index is -0.497. The van der Waals surface area contributed by atoms with Crippen molar-refractivity contribution in [3.05, 3.63) is 96.4 Å². The second-order valence-electron chi connectivity index (χ2n) is 7.52. The van der Waals surface area contributed by atoms with Crippen molar-refractivity contribution < 1.29 is 23.9 Å². The van der Waals surface area contributed by atoms with Crippen LogP contribution in [0.1, 0.15) is 21.5 Å². The van der Waals surface area contributed by atoms with Crippen LogP contribution in [0.4, 0.5) is 4.79 Å². The first-order chi connectivity index (χ1) is 16.8. The van der Waals surface area contributed by atoms with Crippen molar-refractivity contribution in [3.63, 3.8) is 0 Å². The smallest absolute Gasteiger partial charge is 0.293 e. The number of imide groups is 1. The fourth-order valence-corrected chi connectivity index (χ4v) is 4.76. The number of benzene rings is 3. The second-order valence-corrected chi connectivity index (χ2v) is 10.7. The Kier molecular flexibility index (Phi) is 8.30. The maximum atomic E-state index is 12.8. The quantitative estimate of drug-likeness (QED) is 0.154. The van der Waals surface area contributed by atoms with E-state index in [0.717, 1.165) is 30.3 Å². The number of Topliss-reactive ketones (excluding diaryl/α,β-unsaturated/α-hetero) is 1. The number of methoxy groups -OCH3 is 1. The number of amides is 2. The van der Waals surface area contributed by atoms with E-state index in [1.54, 1.807) is 55.7 Å². The van der Waals surface area contributed by atoms with Crippen molar-refractivity contribution >= 4 is 73.3 Å². The van der Waals surface area contributed by atoms with Gasteiger partial charge in [-0.15, -0.1) is 0 Å². The highest BCUT2D eigenvalue weighted by atomic mass is 127. The summed E-state index contributed by atoms with van der Waals surface area (Å²) < 4.78 is 13.4. The van der Waals surface area contributed by atoms with Gasteiger partial charge in [0, 0.05) is 13.6 Å². The lowest BCUT2D eigenvalue weighted by Crippen LogP contribution is -2.33. The molecule has 1 aliphatic rings. The molecule has 9 heteroatoms. The number of rotatable bonds is 8. The van der Waals surface area contributed by atoms with Crippen LogP contribution in [0.5, 0.6) is 11.5 Å². The molecule has 2 amide bonds. The lowest BCUT2D eigenvalue weighted by atomic mass is 10.1. The van der Waals surface area contributed by atoms with E-state index in [9.17, 15) is 14.4 Å². The molecule has 0 aromatic heterocycles. The van der Waals surface area contributed by atoms with Crippen LogP contribution in [-0.4, -0.2) is 35.5 Å². The van der Waals surface area contributed by atoms with Gasteiger partial charge < -0.3 is 9.47 Å². The Morgan fingerprint density at radius 3 is 2.43 bits per heavy atom. The van der Waals surface area contributed by atoms with Gasteiger partial charge in [0.25, 0.3) is 11.1 Å². The number of carbonyl (C=O) groups is 3. The Balaban J connectivity index is 1.46. The molecule has 0 unspecified atom stereocenters. The molecular formula is C26H19BrINO5S. The second kappa shape index (κ2) is 11.4. The summed E-state index contributed by atoms with van der Waals surface area (Å²) in [5.74, 6) is 0.270. The van der Waals surface area contributed by atoms with E-state index in [1.807, 2.05) is 24.3 Å². The number of nitrogens with zero attached hydrogens (tertiary/aromatic N) is 1. The summed E-state index contributed by atoms with van der Waals surface area (Å²) in [6.45, 7) is 0.0796. The summed E-state index contributed by atoms with van der Waals surface area (Å²) in [5, 5.41) is -0.476. The number of halogens is 2. The van der Waals surface area contributed by atoms with Crippen LogP contribution in [-0.2, 0) is 11.4 Å². The first kappa shape index (κ1) is 25.5. The number of ketones is 1. The lowest BCUT2D eigenvalue weighted by molar-refractivity contribution is -0.122. The zero-order valence-electron chi connectivity index (χ0n) is 18.5. The standard InChI is InChI=1S/C26H19BrINO5S/c1-33-23-12-17(4-11-22(23)34-15-16-2-9-20(28)10-3-16)13-24-25(31)29(26(32)35-24)14-21(30)18-5-7-19(27)8-6-18/h2-13H,14-15H2,1H3/b24-13-. The molecule has 0 bridgehead atoms. The zero-order valence-corrected chi connectivity index (χ0v) is 23.1. The van der Waals surface area contributed by atoms with Gasteiger partial charge in [0.15, 0.2) is 17.3 Å². The number of hydrogen-bond donors (Lipinski definition) is 0. The van der Waals surface area contributed by atoms with E-state index < -0.39 is 11.1 Å². The van der Waals surface area contributed by atoms with E-state index in [4.69, 9.17) is 9.47 Å². The number of ether oxygens (including phenoxy) is 2. The minimum Gasteiger partial charge on any atom is -0.493 e. The van der Waals surface area contributed by atoms with Crippen molar-refractivity contribution in [3.8, 4) is 11.5 Å². The van der Waals surface area contributed by atoms with E-state index in [1.165, 1.54) is 0 Å². The molecule has 3 aromatic carbocycles.